The molecule has 100 valence electrons. The molecule has 4 nitrogen and oxygen atoms in total. The van der Waals surface area contributed by atoms with E-state index < -0.39 is 0 Å². The van der Waals surface area contributed by atoms with E-state index in [1.165, 1.54) is 18.4 Å². The lowest BCUT2D eigenvalue weighted by molar-refractivity contribution is 0.510. The Kier molecular flexibility index (Phi) is 3.49. The van der Waals surface area contributed by atoms with Gasteiger partial charge in [0.2, 0.25) is 0 Å². The Morgan fingerprint density at radius 3 is 2.79 bits per heavy atom. The van der Waals surface area contributed by atoms with Crippen LogP contribution in [-0.4, -0.2) is 14.8 Å². The number of anilines is 1. The summed E-state index contributed by atoms with van der Waals surface area (Å²) in [5, 5.41) is 12.0. The third-order valence-electron chi connectivity index (χ3n) is 3.75. The van der Waals surface area contributed by atoms with Gasteiger partial charge in [-0.15, -0.1) is 10.2 Å². The molecular formula is C15H20N4. The van der Waals surface area contributed by atoms with Crippen LogP contribution in [0.1, 0.15) is 37.0 Å². The van der Waals surface area contributed by atoms with Gasteiger partial charge in [0.05, 0.1) is 6.54 Å². The molecule has 1 aliphatic rings. The highest BCUT2D eigenvalue weighted by Crippen LogP contribution is 2.16. The standard InChI is InChI=1S/C15H20N4/c1-2-12-6-8-13(9-7-12)16-11-15-18-17-14-5-3-4-10-19(14)15/h6-9,16H,2-5,10-11H2,1H3. The molecule has 0 saturated heterocycles. The predicted molar refractivity (Wildman–Crippen MR) is 76.1 cm³/mol. The molecule has 0 radical (unpaired) electrons. The van der Waals surface area contributed by atoms with E-state index >= 15 is 0 Å². The lowest BCUT2D eigenvalue weighted by Crippen LogP contribution is -2.15. The monoisotopic (exact) mass is 256 g/mol. The number of nitrogens with zero attached hydrogens (tertiary/aromatic N) is 3. The summed E-state index contributed by atoms with van der Waals surface area (Å²) < 4.78 is 2.26. The van der Waals surface area contributed by atoms with Gasteiger partial charge in [-0.25, -0.2) is 0 Å². The summed E-state index contributed by atoms with van der Waals surface area (Å²) in [6.45, 7) is 3.98. The molecule has 0 atom stereocenters. The van der Waals surface area contributed by atoms with Crippen LogP contribution in [0.2, 0.25) is 0 Å². The summed E-state index contributed by atoms with van der Waals surface area (Å²) in [5.41, 5.74) is 2.51. The first-order valence-corrected chi connectivity index (χ1v) is 7.10. The summed E-state index contributed by atoms with van der Waals surface area (Å²) in [6.07, 6.45) is 4.63. The van der Waals surface area contributed by atoms with Crippen LogP contribution in [0, 0.1) is 0 Å². The molecule has 0 fully saturated rings. The number of aryl methyl sites for hydroxylation is 2. The van der Waals surface area contributed by atoms with Crippen molar-refractivity contribution in [3.8, 4) is 0 Å². The summed E-state index contributed by atoms with van der Waals surface area (Å²) in [6, 6.07) is 8.60. The van der Waals surface area contributed by atoms with E-state index in [0.29, 0.717) is 0 Å². The van der Waals surface area contributed by atoms with Gasteiger partial charge >= 0.3 is 0 Å². The van der Waals surface area contributed by atoms with Crippen LogP contribution in [-0.2, 0) is 25.9 Å². The van der Waals surface area contributed by atoms with Crippen LogP contribution in [0.15, 0.2) is 24.3 Å². The number of rotatable bonds is 4. The van der Waals surface area contributed by atoms with E-state index in [-0.39, 0.29) is 0 Å². The van der Waals surface area contributed by atoms with Crippen molar-refractivity contribution in [2.75, 3.05) is 5.32 Å². The van der Waals surface area contributed by atoms with Crippen molar-refractivity contribution in [2.24, 2.45) is 0 Å². The Bertz CT molecular complexity index is 542. The van der Waals surface area contributed by atoms with E-state index in [1.807, 2.05) is 0 Å². The number of benzene rings is 1. The highest BCUT2D eigenvalue weighted by Gasteiger charge is 2.14. The Balaban J connectivity index is 1.66. The molecule has 0 amide bonds. The van der Waals surface area contributed by atoms with Gasteiger partial charge in [0.1, 0.15) is 5.82 Å². The molecule has 0 aliphatic carbocycles. The van der Waals surface area contributed by atoms with Gasteiger partial charge in [0, 0.05) is 18.7 Å². The smallest absolute Gasteiger partial charge is 0.152 e. The van der Waals surface area contributed by atoms with E-state index in [0.717, 1.165) is 43.3 Å². The van der Waals surface area contributed by atoms with Gasteiger partial charge < -0.3 is 9.88 Å². The number of nitrogens with one attached hydrogen (secondary N) is 1. The van der Waals surface area contributed by atoms with Crippen LogP contribution < -0.4 is 5.32 Å². The number of fused-ring (bicyclic) bond motifs is 1. The van der Waals surface area contributed by atoms with Gasteiger partial charge in [-0.3, -0.25) is 0 Å². The van der Waals surface area contributed by atoms with E-state index in [1.54, 1.807) is 0 Å². The average Bonchev–Trinajstić information content (AvgIpc) is 2.89. The Morgan fingerprint density at radius 2 is 2.00 bits per heavy atom. The first kappa shape index (κ1) is 12.2. The maximum Gasteiger partial charge on any atom is 0.152 e. The molecular weight excluding hydrogens is 236 g/mol. The molecule has 1 aromatic carbocycles. The maximum absolute atomic E-state index is 4.30. The fraction of sp³-hybridized carbons (Fsp3) is 0.467. The van der Waals surface area contributed by atoms with E-state index in [2.05, 4.69) is 51.3 Å². The fourth-order valence-electron chi connectivity index (χ4n) is 2.54. The first-order valence-electron chi connectivity index (χ1n) is 7.10. The van der Waals surface area contributed by atoms with Crippen molar-refractivity contribution < 1.29 is 0 Å². The molecule has 1 aliphatic heterocycles. The topological polar surface area (TPSA) is 42.7 Å². The second kappa shape index (κ2) is 5.43. The van der Waals surface area contributed by atoms with Crippen LogP contribution >= 0.6 is 0 Å². The molecule has 0 bridgehead atoms. The molecule has 1 N–H and O–H groups in total. The molecule has 3 rings (SSSR count). The minimum atomic E-state index is 0.748. The molecule has 19 heavy (non-hydrogen) atoms. The van der Waals surface area contributed by atoms with Crippen molar-refractivity contribution in [3.63, 3.8) is 0 Å². The zero-order chi connectivity index (χ0) is 13.1. The highest BCUT2D eigenvalue weighted by molar-refractivity contribution is 5.44. The molecule has 0 unspecified atom stereocenters. The summed E-state index contributed by atoms with van der Waals surface area (Å²) in [5.74, 6) is 2.19. The highest BCUT2D eigenvalue weighted by atomic mass is 15.3. The minimum absolute atomic E-state index is 0.748. The molecule has 0 saturated carbocycles. The number of hydrogen-bond donors (Lipinski definition) is 1. The van der Waals surface area contributed by atoms with Crippen LogP contribution in [0.3, 0.4) is 0 Å². The van der Waals surface area contributed by atoms with E-state index in [9.17, 15) is 0 Å². The van der Waals surface area contributed by atoms with Gasteiger partial charge in [0.25, 0.3) is 0 Å². The average molecular weight is 256 g/mol. The van der Waals surface area contributed by atoms with Crippen molar-refractivity contribution in [2.45, 2.75) is 45.7 Å². The van der Waals surface area contributed by atoms with E-state index in [4.69, 9.17) is 0 Å². The summed E-state index contributed by atoms with van der Waals surface area (Å²) in [7, 11) is 0. The molecule has 2 heterocycles. The predicted octanol–water partition coefficient (Wildman–Crippen LogP) is 2.79. The Labute approximate surface area is 113 Å². The lowest BCUT2D eigenvalue weighted by atomic mass is 10.1. The zero-order valence-corrected chi connectivity index (χ0v) is 11.4. The Morgan fingerprint density at radius 1 is 1.16 bits per heavy atom. The molecule has 1 aromatic heterocycles. The third kappa shape index (κ3) is 2.62. The van der Waals surface area contributed by atoms with Crippen molar-refractivity contribution in [1.82, 2.24) is 14.8 Å². The summed E-state index contributed by atoms with van der Waals surface area (Å²) in [4.78, 5) is 0. The number of aromatic nitrogens is 3. The van der Waals surface area contributed by atoms with Crippen LogP contribution in [0.4, 0.5) is 5.69 Å². The zero-order valence-electron chi connectivity index (χ0n) is 11.4. The van der Waals surface area contributed by atoms with Crippen molar-refractivity contribution >= 4 is 5.69 Å². The lowest BCUT2D eigenvalue weighted by Gasteiger charge is -2.15. The summed E-state index contributed by atoms with van der Waals surface area (Å²) >= 11 is 0. The van der Waals surface area contributed by atoms with Gasteiger partial charge in [-0.1, -0.05) is 19.1 Å². The second-order valence-electron chi connectivity index (χ2n) is 5.05. The number of hydrogen-bond acceptors (Lipinski definition) is 3. The molecule has 0 spiro atoms. The fourth-order valence-corrected chi connectivity index (χ4v) is 2.54. The van der Waals surface area contributed by atoms with Crippen LogP contribution in [0.25, 0.3) is 0 Å². The van der Waals surface area contributed by atoms with Crippen molar-refractivity contribution in [1.29, 1.82) is 0 Å². The molecule has 4 heteroatoms. The van der Waals surface area contributed by atoms with Gasteiger partial charge in [0.15, 0.2) is 5.82 Å². The molecule has 2 aromatic rings. The van der Waals surface area contributed by atoms with Crippen LogP contribution in [0.5, 0.6) is 0 Å². The quantitative estimate of drug-likeness (QED) is 0.914. The van der Waals surface area contributed by atoms with Crippen molar-refractivity contribution in [3.05, 3.63) is 41.5 Å². The minimum Gasteiger partial charge on any atom is -0.378 e. The van der Waals surface area contributed by atoms with Gasteiger partial charge in [-0.05, 0) is 37.0 Å². The van der Waals surface area contributed by atoms with Gasteiger partial charge in [-0.2, -0.15) is 0 Å². The Hall–Kier alpha value is -1.84. The maximum atomic E-state index is 4.30. The SMILES string of the molecule is CCc1ccc(NCc2nnc3n2CCCC3)cc1. The third-order valence-corrected chi connectivity index (χ3v) is 3.75. The first-order chi connectivity index (χ1) is 9.36. The largest absolute Gasteiger partial charge is 0.378 e. The second-order valence-corrected chi connectivity index (χ2v) is 5.05. The normalized spacial score (nSPS) is 14.2.